The molecule has 0 unspecified atom stereocenters. The Kier molecular flexibility index (Phi) is 3.25. The van der Waals surface area contributed by atoms with Gasteiger partial charge in [0.2, 0.25) is 5.88 Å². The molecule has 1 heterocycles. The van der Waals surface area contributed by atoms with Gasteiger partial charge in [0, 0.05) is 24.7 Å². The lowest BCUT2D eigenvalue weighted by Gasteiger charge is -2.09. The zero-order valence-electron chi connectivity index (χ0n) is 11.3. The largest absolute Gasteiger partial charge is 0.439 e. The molecule has 0 bridgehead atoms. The zero-order valence-corrected chi connectivity index (χ0v) is 11.3. The molecule has 6 heteroatoms. The SMILES string of the molecule is Cc1cc(Oc2cc(C)c([N+](=O)[O-])cc2C)n(C)n1. The Morgan fingerprint density at radius 3 is 2.42 bits per heavy atom. The molecule has 0 saturated carbocycles. The first-order valence-corrected chi connectivity index (χ1v) is 5.82. The number of aromatic nitrogens is 2. The van der Waals surface area contributed by atoms with E-state index in [9.17, 15) is 10.1 Å². The van der Waals surface area contributed by atoms with Gasteiger partial charge in [-0.3, -0.25) is 10.1 Å². The van der Waals surface area contributed by atoms with Crippen molar-refractivity contribution in [1.29, 1.82) is 0 Å². The highest BCUT2D eigenvalue weighted by atomic mass is 16.6. The van der Waals surface area contributed by atoms with Crippen molar-refractivity contribution in [2.75, 3.05) is 0 Å². The third kappa shape index (κ3) is 2.57. The van der Waals surface area contributed by atoms with E-state index in [1.54, 1.807) is 31.6 Å². The minimum absolute atomic E-state index is 0.103. The number of hydrogen-bond acceptors (Lipinski definition) is 4. The van der Waals surface area contributed by atoms with Gasteiger partial charge in [-0.2, -0.15) is 5.10 Å². The first-order chi connectivity index (χ1) is 8.88. The molecule has 0 aliphatic rings. The Morgan fingerprint density at radius 2 is 1.89 bits per heavy atom. The monoisotopic (exact) mass is 261 g/mol. The number of nitrogens with zero attached hydrogens (tertiary/aromatic N) is 3. The van der Waals surface area contributed by atoms with E-state index in [-0.39, 0.29) is 10.6 Å². The molecule has 1 aromatic heterocycles. The first-order valence-electron chi connectivity index (χ1n) is 5.82. The molecule has 0 radical (unpaired) electrons. The van der Waals surface area contributed by atoms with Gasteiger partial charge in [-0.1, -0.05) is 0 Å². The van der Waals surface area contributed by atoms with E-state index in [0.717, 1.165) is 11.3 Å². The Bertz CT molecular complexity index is 647. The van der Waals surface area contributed by atoms with Gasteiger partial charge in [-0.25, -0.2) is 4.68 Å². The van der Waals surface area contributed by atoms with Crippen LogP contribution in [0.4, 0.5) is 5.69 Å². The lowest BCUT2D eigenvalue weighted by molar-refractivity contribution is -0.385. The fourth-order valence-electron chi connectivity index (χ4n) is 1.88. The second-order valence-electron chi connectivity index (χ2n) is 4.51. The molecular formula is C13H15N3O3. The summed E-state index contributed by atoms with van der Waals surface area (Å²) in [5, 5.41) is 15.0. The summed E-state index contributed by atoms with van der Waals surface area (Å²) < 4.78 is 7.38. The fourth-order valence-corrected chi connectivity index (χ4v) is 1.88. The third-order valence-corrected chi connectivity index (χ3v) is 2.86. The highest BCUT2D eigenvalue weighted by Gasteiger charge is 2.15. The van der Waals surface area contributed by atoms with Crippen molar-refractivity contribution in [3.05, 3.63) is 45.1 Å². The number of rotatable bonds is 3. The molecule has 0 amide bonds. The minimum Gasteiger partial charge on any atom is -0.439 e. The van der Waals surface area contributed by atoms with Crippen LogP contribution in [0.25, 0.3) is 0 Å². The van der Waals surface area contributed by atoms with Gasteiger partial charge in [0.15, 0.2) is 0 Å². The van der Waals surface area contributed by atoms with Gasteiger partial charge in [-0.05, 0) is 32.4 Å². The van der Waals surface area contributed by atoms with Crippen LogP contribution in [0.2, 0.25) is 0 Å². The van der Waals surface area contributed by atoms with Gasteiger partial charge >= 0.3 is 0 Å². The van der Waals surface area contributed by atoms with Crippen molar-refractivity contribution in [3.63, 3.8) is 0 Å². The van der Waals surface area contributed by atoms with E-state index in [1.807, 2.05) is 13.0 Å². The molecule has 100 valence electrons. The highest BCUT2D eigenvalue weighted by Crippen LogP contribution is 2.31. The summed E-state index contributed by atoms with van der Waals surface area (Å²) in [5.74, 6) is 1.21. The van der Waals surface area contributed by atoms with E-state index < -0.39 is 0 Å². The molecular weight excluding hydrogens is 246 g/mol. The van der Waals surface area contributed by atoms with Crippen molar-refractivity contribution in [2.24, 2.45) is 7.05 Å². The van der Waals surface area contributed by atoms with Crippen molar-refractivity contribution in [2.45, 2.75) is 20.8 Å². The predicted octanol–water partition coefficient (Wildman–Crippen LogP) is 3.05. The van der Waals surface area contributed by atoms with Gasteiger partial charge in [0.25, 0.3) is 5.69 Å². The zero-order chi connectivity index (χ0) is 14.2. The molecule has 6 nitrogen and oxygen atoms in total. The molecule has 0 aliphatic heterocycles. The van der Waals surface area contributed by atoms with Crippen molar-refractivity contribution < 1.29 is 9.66 Å². The number of nitro groups is 1. The quantitative estimate of drug-likeness (QED) is 0.629. The topological polar surface area (TPSA) is 70.2 Å². The standard InChI is InChI=1S/C13H15N3O3/c1-8-6-12(9(2)5-11(8)16(17)18)19-13-7-10(3)14-15(13)4/h5-7H,1-4H3. The number of aryl methyl sites for hydroxylation is 4. The van der Waals surface area contributed by atoms with E-state index in [2.05, 4.69) is 5.10 Å². The molecule has 2 rings (SSSR count). The molecule has 0 aliphatic carbocycles. The highest BCUT2D eigenvalue weighted by molar-refractivity contribution is 5.50. The maximum Gasteiger partial charge on any atom is 0.272 e. The second-order valence-corrected chi connectivity index (χ2v) is 4.51. The first kappa shape index (κ1) is 13.1. The molecule has 2 aromatic rings. The van der Waals surface area contributed by atoms with Crippen molar-refractivity contribution in [1.82, 2.24) is 9.78 Å². The Balaban J connectivity index is 2.39. The lowest BCUT2D eigenvalue weighted by Crippen LogP contribution is -1.98. The van der Waals surface area contributed by atoms with Crippen LogP contribution in [0.3, 0.4) is 0 Å². The van der Waals surface area contributed by atoms with Crippen LogP contribution in [0.15, 0.2) is 18.2 Å². The van der Waals surface area contributed by atoms with Crippen LogP contribution in [0.5, 0.6) is 11.6 Å². The van der Waals surface area contributed by atoms with E-state index in [0.29, 0.717) is 17.2 Å². The van der Waals surface area contributed by atoms with Crippen molar-refractivity contribution in [3.8, 4) is 11.6 Å². The molecule has 0 N–H and O–H groups in total. The van der Waals surface area contributed by atoms with Crippen LogP contribution in [0, 0.1) is 30.9 Å². The van der Waals surface area contributed by atoms with Crippen molar-refractivity contribution >= 4 is 5.69 Å². The second kappa shape index (κ2) is 4.72. The summed E-state index contributed by atoms with van der Waals surface area (Å²) >= 11 is 0. The molecule has 1 aromatic carbocycles. The normalized spacial score (nSPS) is 10.5. The summed E-state index contributed by atoms with van der Waals surface area (Å²) in [6.45, 7) is 5.35. The maximum atomic E-state index is 10.9. The number of hydrogen-bond donors (Lipinski definition) is 0. The number of nitro benzene ring substituents is 1. The predicted molar refractivity (Wildman–Crippen MR) is 70.6 cm³/mol. The minimum atomic E-state index is -0.389. The fraction of sp³-hybridized carbons (Fsp3) is 0.308. The van der Waals surface area contributed by atoms with Gasteiger partial charge in [0.05, 0.1) is 10.6 Å². The van der Waals surface area contributed by atoms with Crippen LogP contribution < -0.4 is 4.74 Å². The van der Waals surface area contributed by atoms with Gasteiger partial charge < -0.3 is 4.74 Å². The average Bonchev–Trinajstić information content (AvgIpc) is 2.61. The van der Waals surface area contributed by atoms with E-state index in [4.69, 9.17) is 4.74 Å². The Morgan fingerprint density at radius 1 is 1.21 bits per heavy atom. The third-order valence-electron chi connectivity index (χ3n) is 2.86. The molecule has 19 heavy (non-hydrogen) atoms. The smallest absolute Gasteiger partial charge is 0.272 e. The van der Waals surface area contributed by atoms with Gasteiger partial charge in [-0.15, -0.1) is 0 Å². The summed E-state index contributed by atoms with van der Waals surface area (Å²) in [6.07, 6.45) is 0. The molecule has 0 saturated heterocycles. The summed E-state index contributed by atoms with van der Waals surface area (Å²) in [5.41, 5.74) is 2.25. The Labute approximate surface area is 110 Å². The molecule has 0 atom stereocenters. The molecule has 0 spiro atoms. The average molecular weight is 261 g/mol. The van der Waals surface area contributed by atoms with Crippen LogP contribution in [-0.4, -0.2) is 14.7 Å². The van der Waals surface area contributed by atoms with E-state index in [1.165, 1.54) is 6.07 Å². The lowest BCUT2D eigenvalue weighted by atomic mass is 10.1. The van der Waals surface area contributed by atoms with E-state index >= 15 is 0 Å². The van der Waals surface area contributed by atoms with Gasteiger partial charge in [0.1, 0.15) is 5.75 Å². The van der Waals surface area contributed by atoms with Crippen LogP contribution >= 0.6 is 0 Å². The summed E-state index contributed by atoms with van der Waals surface area (Å²) in [4.78, 5) is 10.5. The molecule has 0 fully saturated rings. The maximum absolute atomic E-state index is 10.9. The number of benzene rings is 1. The summed E-state index contributed by atoms with van der Waals surface area (Å²) in [7, 11) is 1.79. The Hall–Kier alpha value is -2.37. The number of ether oxygens (including phenoxy) is 1. The summed E-state index contributed by atoms with van der Waals surface area (Å²) in [6, 6.07) is 5.01. The van der Waals surface area contributed by atoms with Crippen LogP contribution in [0.1, 0.15) is 16.8 Å². The van der Waals surface area contributed by atoms with Crippen LogP contribution in [-0.2, 0) is 7.05 Å².